The molecule has 1 unspecified atom stereocenters. The van der Waals surface area contributed by atoms with Crippen LogP contribution in [0.4, 0.5) is 17.3 Å². The Bertz CT molecular complexity index is 1520. The number of amides is 1. The summed E-state index contributed by atoms with van der Waals surface area (Å²) in [5.41, 5.74) is 4.67. The zero-order valence-corrected chi connectivity index (χ0v) is 19.9. The fraction of sp³-hybridized carbons (Fsp3) is 0.391. The predicted molar refractivity (Wildman–Crippen MR) is 134 cm³/mol. The van der Waals surface area contributed by atoms with Crippen molar-refractivity contribution in [2.75, 3.05) is 23.3 Å². The van der Waals surface area contributed by atoms with Crippen LogP contribution in [-0.4, -0.2) is 48.6 Å². The molecule has 3 N–H and O–H groups in total. The van der Waals surface area contributed by atoms with Gasteiger partial charge in [-0.05, 0) is 25.8 Å². The van der Waals surface area contributed by atoms with Crippen LogP contribution in [0.25, 0.3) is 11.2 Å². The summed E-state index contributed by atoms with van der Waals surface area (Å²) < 4.78 is 3.63. The molecule has 1 amide bonds. The van der Waals surface area contributed by atoms with E-state index in [1.165, 1.54) is 35.9 Å². The Balaban J connectivity index is 1.79. The minimum Gasteiger partial charge on any atom is -0.341 e. The number of benzene rings is 1. The number of rotatable bonds is 6. The third-order valence-corrected chi connectivity index (χ3v) is 6.04. The van der Waals surface area contributed by atoms with E-state index in [9.17, 15) is 24.5 Å². The number of aromatic nitrogens is 4. The number of nitro benzene ring substituents is 1. The van der Waals surface area contributed by atoms with Gasteiger partial charge < -0.3 is 16.0 Å². The molecule has 0 aliphatic carbocycles. The van der Waals surface area contributed by atoms with Gasteiger partial charge in [0.05, 0.1) is 11.5 Å². The maximum Gasteiger partial charge on any atom is 0.332 e. The number of imidazole rings is 1. The molecule has 0 radical (unpaired) electrons. The first-order chi connectivity index (χ1) is 17.2. The smallest absolute Gasteiger partial charge is 0.332 e. The Labute approximate surface area is 205 Å². The molecule has 1 aliphatic rings. The molecule has 188 valence electrons. The van der Waals surface area contributed by atoms with Gasteiger partial charge in [0.1, 0.15) is 12.2 Å². The molecule has 0 bridgehead atoms. The average molecular weight is 495 g/mol. The van der Waals surface area contributed by atoms with Crippen molar-refractivity contribution in [2.45, 2.75) is 38.9 Å². The van der Waals surface area contributed by atoms with Crippen LogP contribution < -0.4 is 27.2 Å². The summed E-state index contributed by atoms with van der Waals surface area (Å²) in [6.45, 7) is 2.43. The maximum absolute atomic E-state index is 13.5. The lowest BCUT2D eigenvalue weighted by Crippen LogP contribution is -2.44. The van der Waals surface area contributed by atoms with E-state index in [-0.39, 0.29) is 35.1 Å². The first-order valence-corrected chi connectivity index (χ1v) is 11.4. The highest BCUT2D eigenvalue weighted by atomic mass is 16.6. The van der Waals surface area contributed by atoms with Gasteiger partial charge >= 0.3 is 5.69 Å². The van der Waals surface area contributed by atoms with Crippen molar-refractivity contribution in [1.29, 1.82) is 0 Å². The summed E-state index contributed by atoms with van der Waals surface area (Å²) in [5.74, 6) is 5.47. The summed E-state index contributed by atoms with van der Waals surface area (Å²) in [5, 5.41) is 13.7. The monoisotopic (exact) mass is 494 g/mol. The molecule has 3 aromatic rings. The second-order valence-corrected chi connectivity index (χ2v) is 8.50. The first kappa shape index (κ1) is 24.7. The van der Waals surface area contributed by atoms with E-state index >= 15 is 0 Å². The molecule has 36 heavy (non-hydrogen) atoms. The zero-order chi connectivity index (χ0) is 26.0. The standard InChI is InChI=1S/C23H26N8O5/c1-3-4-12-29-19-20(26-22(29)28-11-7-8-15(24)13-28)27(2)23(34)30(21(19)33)14-18(32)25-16-9-5-6-10-17(16)31(35)36/h5-6,9-10,15H,7-8,11-14,24H2,1-2H3,(H,25,32). The minimum absolute atomic E-state index is 0.0366. The van der Waals surface area contributed by atoms with Crippen molar-refractivity contribution in [2.24, 2.45) is 12.8 Å². The first-order valence-electron chi connectivity index (χ1n) is 11.4. The number of nitro groups is 1. The van der Waals surface area contributed by atoms with Gasteiger partial charge in [-0.25, -0.2) is 9.36 Å². The number of aryl methyl sites for hydroxylation is 1. The second-order valence-electron chi connectivity index (χ2n) is 8.50. The number of carbonyl (C=O) groups excluding carboxylic acids is 1. The van der Waals surface area contributed by atoms with Crippen molar-refractivity contribution in [3.63, 3.8) is 0 Å². The molecule has 0 saturated carbocycles. The molecule has 4 rings (SSSR count). The van der Waals surface area contributed by atoms with E-state index in [1.54, 1.807) is 11.5 Å². The molecule has 1 aromatic carbocycles. The third kappa shape index (κ3) is 4.58. The van der Waals surface area contributed by atoms with E-state index < -0.39 is 28.6 Å². The largest absolute Gasteiger partial charge is 0.341 e. The van der Waals surface area contributed by atoms with Gasteiger partial charge in [-0.3, -0.25) is 28.8 Å². The Morgan fingerprint density at radius 1 is 1.31 bits per heavy atom. The van der Waals surface area contributed by atoms with Crippen LogP contribution in [0.3, 0.4) is 0 Å². The fourth-order valence-corrected chi connectivity index (χ4v) is 4.31. The zero-order valence-electron chi connectivity index (χ0n) is 19.9. The summed E-state index contributed by atoms with van der Waals surface area (Å²) >= 11 is 0. The normalized spacial score (nSPS) is 15.4. The van der Waals surface area contributed by atoms with Gasteiger partial charge in [0.25, 0.3) is 11.2 Å². The molecule has 13 nitrogen and oxygen atoms in total. The number of nitrogens with two attached hydrogens (primary N) is 1. The Morgan fingerprint density at radius 3 is 2.75 bits per heavy atom. The number of nitrogens with one attached hydrogen (secondary N) is 1. The fourth-order valence-electron chi connectivity index (χ4n) is 4.31. The Kier molecular flexibility index (Phi) is 6.89. The summed E-state index contributed by atoms with van der Waals surface area (Å²) in [7, 11) is 1.47. The third-order valence-electron chi connectivity index (χ3n) is 6.04. The van der Waals surface area contributed by atoms with Crippen LogP contribution in [0, 0.1) is 22.0 Å². The number of carbonyl (C=O) groups is 1. The molecule has 3 heterocycles. The predicted octanol–water partition coefficient (Wildman–Crippen LogP) is 0.394. The van der Waals surface area contributed by atoms with E-state index in [4.69, 9.17) is 5.73 Å². The molecule has 1 atom stereocenters. The van der Waals surface area contributed by atoms with Crippen LogP contribution in [0.1, 0.15) is 19.8 Å². The van der Waals surface area contributed by atoms with E-state index in [1.807, 2.05) is 4.90 Å². The average Bonchev–Trinajstić information content (AvgIpc) is 3.24. The van der Waals surface area contributed by atoms with Gasteiger partial charge in [0.2, 0.25) is 11.9 Å². The topological polar surface area (TPSA) is 163 Å². The molecule has 1 saturated heterocycles. The van der Waals surface area contributed by atoms with Gasteiger partial charge in [-0.2, -0.15) is 4.98 Å². The summed E-state index contributed by atoms with van der Waals surface area (Å²) in [6, 6.07) is 5.56. The van der Waals surface area contributed by atoms with Crippen molar-refractivity contribution < 1.29 is 9.72 Å². The highest BCUT2D eigenvalue weighted by Crippen LogP contribution is 2.24. The summed E-state index contributed by atoms with van der Waals surface area (Å²) in [4.78, 5) is 56.5. The Hall–Kier alpha value is -4.44. The van der Waals surface area contributed by atoms with Crippen molar-refractivity contribution in [3.05, 3.63) is 55.2 Å². The lowest BCUT2D eigenvalue weighted by atomic mass is 10.1. The van der Waals surface area contributed by atoms with Crippen LogP contribution >= 0.6 is 0 Å². The van der Waals surface area contributed by atoms with Crippen molar-refractivity contribution in [3.8, 4) is 11.8 Å². The molecular formula is C23H26N8O5. The second kappa shape index (κ2) is 10.0. The van der Waals surface area contributed by atoms with Crippen LogP contribution in [-0.2, 0) is 24.9 Å². The minimum atomic E-state index is -0.760. The van der Waals surface area contributed by atoms with E-state index in [0.29, 0.717) is 19.0 Å². The number of fused-ring (bicyclic) bond motifs is 1. The van der Waals surface area contributed by atoms with Crippen molar-refractivity contribution in [1.82, 2.24) is 18.7 Å². The molecule has 2 aromatic heterocycles. The number of hydrogen-bond acceptors (Lipinski definition) is 8. The van der Waals surface area contributed by atoms with Gasteiger partial charge in [-0.15, -0.1) is 5.92 Å². The van der Waals surface area contributed by atoms with E-state index in [0.717, 1.165) is 17.4 Å². The van der Waals surface area contributed by atoms with Crippen LogP contribution in [0.5, 0.6) is 0 Å². The number of anilines is 2. The van der Waals surface area contributed by atoms with E-state index in [2.05, 4.69) is 22.1 Å². The van der Waals surface area contributed by atoms with Crippen LogP contribution in [0.2, 0.25) is 0 Å². The number of nitrogens with zero attached hydrogens (tertiary/aromatic N) is 6. The maximum atomic E-state index is 13.5. The number of piperidine rings is 1. The lowest BCUT2D eigenvalue weighted by Gasteiger charge is -2.31. The Morgan fingerprint density at radius 2 is 2.06 bits per heavy atom. The molecule has 13 heteroatoms. The summed E-state index contributed by atoms with van der Waals surface area (Å²) in [6.07, 6.45) is 1.74. The number of para-hydroxylation sites is 2. The molecular weight excluding hydrogens is 468 g/mol. The van der Waals surface area contributed by atoms with Crippen molar-refractivity contribution >= 4 is 34.4 Å². The highest BCUT2D eigenvalue weighted by molar-refractivity contribution is 5.93. The van der Waals surface area contributed by atoms with Gasteiger partial charge in [-0.1, -0.05) is 18.1 Å². The van der Waals surface area contributed by atoms with Gasteiger partial charge in [0, 0.05) is 32.2 Å². The highest BCUT2D eigenvalue weighted by Gasteiger charge is 2.26. The molecule has 1 aliphatic heterocycles. The lowest BCUT2D eigenvalue weighted by molar-refractivity contribution is -0.383. The molecule has 1 fully saturated rings. The quantitative estimate of drug-likeness (QED) is 0.282. The molecule has 0 spiro atoms. The van der Waals surface area contributed by atoms with Gasteiger partial charge in [0.15, 0.2) is 11.2 Å². The van der Waals surface area contributed by atoms with Crippen LogP contribution in [0.15, 0.2) is 33.9 Å². The SMILES string of the molecule is CC#CCn1c(N2CCCC(N)C2)nc2c1c(=O)n(CC(=O)Nc1ccccc1[N+](=O)[O-])c(=O)n2C. The number of hydrogen-bond donors (Lipinski definition) is 2.